The lowest BCUT2D eigenvalue weighted by atomic mass is 10.1. The fourth-order valence-corrected chi connectivity index (χ4v) is 3.99. The minimum atomic E-state index is -0.153. The minimum Gasteiger partial charge on any atom is -0.343 e. The quantitative estimate of drug-likeness (QED) is 0.484. The van der Waals surface area contributed by atoms with E-state index in [1.54, 1.807) is 16.8 Å². The van der Waals surface area contributed by atoms with Gasteiger partial charge < -0.3 is 14.7 Å². The van der Waals surface area contributed by atoms with E-state index in [1.807, 2.05) is 35.2 Å². The predicted molar refractivity (Wildman–Crippen MR) is 121 cm³/mol. The number of hydrogen-bond donors (Lipinski definition) is 1. The summed E-state index contributed by atoms with van der Waals surface area (Å²) in [5.74, 6) is 0.784. The Hall–Kier alpha value is -4.08. The first-order valence-electron chi connectivity index (χ1n) is 10.9. The SMILES string of the molecule is CC(=O)Nc1cccc(-c2nc(-c3ccc4c(c3)nnn4CCC(=O)N3CCCC3)no2)c1. The molecule has 5 rings (SSSR count). The van der Waals surface area contributed by atoms with Crippen molar-refractivity contribution in [1.29, 1.82) is 0 Å². The van der Waals surface area contributed by atoms with E-state index in [2.05, 4.69) is 25.8 Å². The van der Waals surface area contributed by atoms with Crippen molar-refractivity contribution >= 4 is 28.5 Å². The van der Waals surface area contributed by atoms with Crippen LogP contribution in [0.15, 0.2) is 47.0 Å². The number of rotatable bonds is 6. The molecule has 0 aliphatic carbocycles. The highest BCUT2D eigenvalue weighted by atomic mass is 16.5. The molecule has 2 amide bonds. The monoisotopic (exact) mass is 445 g/mol. The summed E-state index contributed by atoms with van der Waals surface area (Å²) in [4.78, 5) is 30.0. The zero-order chi connectivity index (χ0) is 22.8. The summed E-state index contributed by atoms with van der Waals surface area (Å²) in [6, 6.07) is 12.8. The molecule has 0 unspecified atom stereocenters. The van der Waals surface area contributed by atoms with E-state index in [0.29, 0.717) is 41.4 Å². The number of nitrogens with one attached hydrogen (secondary N) is 1. The summed E-state index contributed by atoms with van der Waals surface area (Å²) in [6.07, 6.45) is 2.57. The Balaban J connectivity index is 1.32. The van der Waals surface area contributed by atoms with Gasteiger partial charge in [0.05, 0.1) is 12.1 Å². The van der Waals surface area contributed by atoms with Crippen molar-refractivity contribution in [2.75, 3.05) is 18.4 Å². The second-order valence-electron chi connectivity index (χ2n) is 8.04. The second-order valence-corrected chi connectivity index (χ2v) is 8.04. The Morgan fingerprint density at radius 3 is 2.76 bits per heavy atom. The van der Waals surface area contributed by atoms with Crippen molar-refractivity contribution in [1.82, 2.24) is 30.0 Å². The van der Waals surface area contributed by atoms with Crippen LogP contribution in [0.3, 0.4) is 0 Å². The molecule has 0 radical (unpaired) electrons. The van der Waals surface area contributed by atoms with E-state index >= 15 is 0 Å². The second kappa shape index (κ2) is 8.81. The normalized spacial score (nSPS) is 13.5. The summed E-state index contributed by atoms with van der Waals surface area (Å²) in [5, 5.41) is 15.3. The molecule has 1 N–H and O–H groups in total. The molecule has 0 spiro atoms. The summed E-state index contributed by atoms with van der Waals surface area (Å²) < 4.78 is 7.19. The molecular formula is C23H23N7O3. The Morgan fingerprint density at radius 1 is 1.09 bits per heavy atom. The van der Waals surface area contributed by atoms with Crippen LogP contribution in [0.1, 0.15) is 26.2 Å². The molecule has 0 atom stereocenters. The van der Waals surface area contributed by atoms with Crippen molar-refractivity contribution in [3.05, 3.63) is 42.5 Å². The lowest BCUT2D eigenvalue weighted by Gasteiger charge is -2.14. The third-order valence-corrected chi connectivity index (χ3v) is 5.62. The van der Waals surface area contributed by atoms with Crippen molar-refractivity contribution in [2.45, 2.75) is 32.7 Å². The Kier molecular flexibility index (Phi) is 5.55. The Morgan fingerprint density at radius 2 is 1.94 bits per heavy atom. The number of carbonyl (C=O) groups excluding carboxylic acids is 2. The molecule has 10 heteroatoms. The van der Waals surface area contributed by atoms with Gasteiger partial charge in [0.25, 0.3) is 5.89 Å². The summed E-state index contributed by atoms with van der Waals surface area (Å²) in [7, 11) is 0. The Labute approximate surface area is 189 Å². The van der Waals surface area contributed by atoms with E-state index in [1.165, 1.54) is 6.92 Å². The van der Waals surface area contributed by atoms with Crippen LogP contribution in [-0.2, 0) is 16.1 Å². The number of nitrogens with zero attached hydrogens (tertiary/aromatic N) is 6. The van der Waals surface area contributed by atoms with Crippen molar-refractivity contribution in [3.63, 3.8) is 0 Å². The van der Waals surface area contributed by atoms with Crippen LogP contribution in [0.4, 0.5) is 5.69 Å². The highest BCUT2D eigenvalue weighted by molar-refractivity contribution is 5.89. The number of likely N-dealkylation sites (tertiary alicyclic amines) is 1. The first kappa shape index (κ1) is 20.8. The van der Waals surface area contributed by atoms with Gasteiger partial charge in [-0.2, -0.15) is 4.98 Å². The van der Waals surface area contributed by atoms with Crippen LogP contribution in [0.2, 0.25) is 0 Å². The maximum Gasteiger partial charge on any atom is 0.258 e. The number of fused-ring (bicyclic) bond motifs is 1. The molecule has 1 aliphatic rings. The third kappa shape index (κ3) is 4.45. The maximum absolute atomic E-state index is 12.3. The molecule has 168 valence electrons. The molecule has 2 aromatic carbocycles. The largest absolute Gasteiger partial charge is 0.343 e. The lowest BCUT2D eigenvalue weighted by molar-refractivity contribution is -0.130. The average Bonchev–Trinajstić information content (AvgIpc) is 3.58. The summed E-state index contributed by atoms with van der Waals surface area (Å²) in [6.45, 7) is 3.65. The minimum absolute atomic E-state index is 0.153. The summed E-state index contributed by atoms with van der Waals surface area (Å²) in [5.41, 5.74) is 3.64. The molecule has 4 aromatic rings. The van der Waals surface area contributed by atoms with Gasteiger partial charge >= 0.3 is 0 Å². The molecular weight excluding hydrogens is 422 g/mol. The molecule has 1 saturated heterocycles. The zero-order valence-electron chi connectivity index (χ0n) is 18.2. The van der Waals surface area contributed by atoms with Crippen molar-refractivity contribution < 1.29 is 14.1 Å². The van der Waals surface area contributed by atoms with E-state index in [0.717, 1.165) is 37.0 Å². The number of aryl methyl sites for hydroxylation is 1. The number of carbonyl (C=O) groups is 2. The average molecular weight is 445 g/mol. The first-order chi connectivity index (χ1) is 16.1. The van der Waals surface area contributed by atoms with Crippen LogP contribution in [-0.4, -0.2) is 54.9 Å². The van der Waals surface area contributed by atoms with Gasteiger partial charge in [-0.1, -0.05) is 16.4 Å². The van der Waals surface area contributed by atoms with E-state index < -0.39 is 0 Å². The number of hydrogen-bond acceptors (Lipinski definition) is 7. The number of benzene rings is 2. The van der Waals surface area contributed by atoms with Crippen molar-refractivity contribution in [2.24, 2.45) is 0 Å². The fourth-order valence-electron chi connectivity index (χ4n) is 3.99. The zero-order valence-corrected chi connectivity index (χ0v) is 18.2. The number of amides is 2. The van der Waals surface area contributed by atoms with Crippen LogP contribution < -0.4 is 5.32 Å². The smallest absolute Gasteiger partial charge is 0.258 e. The van der Waals surface area contributed by atoms with Gasteiger partial charge in [-0.3, -0.25) is 9.59 Å². The number of anilines is 1. The molecule has 0 saturated carbocycles. The molecule has 1 fully saturated rings. The fraction of sp³-hybridized carbons (Fsp3) is 0.304. The molecule has 10 nitrogen and oxygen atoms in total. The van der Waals surface area contributed by atoms with Gasteiger partial charge in [0.15, 0.2) is 0 Å². The predicted octanol–water partition coefficient (Wildman–Crippen LogP) is 3.12. The summed E-state index contributed by atoms with van der Waals surface area (Å²) >= 11 is 0. The molecule has 33 heavy (non-hydrogen) atoms. The highest BCUT2D eigenvalue weighted by Gasteiger charge is 2.18. The van der Waals surface area contributed by atoms with E-state index in [4.69, 9.17) is 4.52 Å². The van der Waals surface area contributed by atoms with Crippen LogP contribution in [0, 0.1) is 0 Å². The molecule has 0 bridgehead atoms. The standard InChI is InChI=1S/C23H23N7O3/c1-15(31)24-18-6-4-5-17(13-18)23-25-22(27-33-23)16-7-8-20-19(14-16)26-28-30(20)12-9-21(32)29-10-2-3-11-29/h4-8,13-14H,2-3,9-12H2,1H3,(H,24,31). The van der Waals surface area contributed by atoms with Crippen molar-refractivity contribution in [3.8, 4) is 22.8 Å². The van der Waals surface area contributed by atoms with Gasteiger partial charge in [0, 0.05) is 43.2 Å². The van der Waals surface area contributed by atoms with Crippen LogP contribution in [0.5, 0.6) is 0 Å². The topological polar surface area (TPSA) is 119 Å². The Bertz CT molecular complexity index is 1320. The maximum atomic E-state index is 12.3. The lowest BCUT2D eigenvalue weighted by Crippen LogP contribution is -2.28. The molecule has 3 heterocycles. The van der Waals surface area contributed by atoms with Gasteiger partial charge in [-0.15, -0.1) is 5.10 Å². The van der Waals surface area contributed by atoms with Crippen LogP contribution >= 0.6 is 0 Å². The highest BCUT2D eigenvalue weighted by Crippen LogP contribution is 2.26. The first-order valence-corrected chi connectivity index (χ1v) is 10.9. The van der Waals surface area contributed by atoms with E-state index in [9.17, 15) is 9.59 Å². The van der Waals surface area contributed by atoms with Crippen LogP contribution in [0.25, 0.3) is 33.9 Å². The number of aromatic nitrogens is 5. The molecule has 1 aliphatic heterocycles. The van der Waals surface area contributed by atoms with Gasteiger partial charge in [0.2, 0.25) is 17.6 Å². The van der Waals surface area contributed by atoms with Gasteiger partial charge in [-0.05, 0) is 49.2 Å². The third-order valence-electron chi connectivity index (χ3n) is 5.62. The van der Waals surface area contributed by atoms with Gasteiger partial charge in [-0.25, -0.2) is 4.68 Å². The van der Waals surface area contributed by atoms with Gasteiger partial charge in [0.1, 0.15) is 5.52 Å². The van der Waals surface area contributed by atoms with E-state index in [-0.39, 0.29) is 11.8 Å². The molecule has 2 aromatic heterocycles.